The van der Waals surface area contributed by atoms with Crippen LogP contribution in [-0.2, 0) is 11.3 Å². The van der Waals surface area contributed by atoms with Crippen LogP contribution in [0.2, 0.25) is 5.15 Å². The number of nitrogens with zero attached hydrogens (tertiary/aromatic N) is 2. The maximum Gasteiger partial charge on any atom is 0.156 e. The molecule has 0 radical (unpaired) electrons. The second-order valence-corrected chi connectivity index (χ2v) is 5.83. The summed E-state index contributed by atoms with van der Waals surface area (Å²) in [6.45, 7) is 0.354. The molecule has 0 atom stereocenters. The van der Waals surface area contributed by atoms with Crippen LogP contribution < -0.4 is 0 Å². The molecule has 3 nitrogen and oxygen atoms in total. The van der Waals surface area contributed by atoms with Gasteiger partial charge in [-0.2, -0.15) is 0 Å². The summed E-state index contributed by atoms with van der Waals surface area (Å²) in [4.78, 5) is 9.55. The van der Waals surface area contributed by atoms with Crippen molar-refractivity contribution >= 4 is 39.3 Å². The Labute approximate surface area is 123 Å². The normalized spacial score (nSPS) is 10.6. The zero-order valence-electron chi connectivity index (χ0n) is 9.56. The SMILES string of the molecule is COCc1nc(Cl)cc(Sc2cccc(Br)c2)n1. The second kappa shape index (κ2) is 6.52. The van der Waals surface area contributed by atoms with Gasteiger partial charge in [-0.05, 0) is 18.2 Å². The molecule has 0 aliphatic heterocycles. The molecule has 1 aromatic carbocycles. The van der Waals surface area contributed by atoms with Crippen LogP contribution in [0.15, 0.2) is 44.7 Å². The van der Waals surface area contributed by atoms with Crippen molar-refractivity contribution in [2.24, 2.45) is 0 Å². The van der Waals surface area contributed by atoms with Gasteiger partial charge in [0.25, 0.3) is 0 Å². The molecule has 0 fully saturated rings. The molecule has 0 saturated carbocycles. The Bertz CT molecular complexity index is 553. The van der Waals surface area contributed by atoms with Crippen molar-refractivity contribution in [3.8, 4) is 0 Å². The average Bonchev–Trinajstić information content (AvgIpc) is 2.28. The van der Waals surface area contributed by atoms with E-state index in [1.165, 1.54) is 11.8 Å². The molecule has 0 saturated heterocycles. The van der Waals surface area contributed by atoms with E-state index in [1.54, 1.807) is 13.2 Å². The molecule has 2 rings (SSSR count). The molecule has 0 N–H and O–H groups in total. The van der Waals surface area contributed by atoms with Crippen molar-refractivity contribution in [1.29, 1.82) is 0 Å². The summed E-state index contributed by atoms with van der Waals surface area (Å²) in [7, 11) is 1.60. The lowest BCUT2D eigenvalue weighted by Gasteiger charge is -2.04. The third-order valence-electron chi connectivity index (χ3n) is 2.01. The van der Waals surface area contributed by atoms with Gasteiger partial charge in [-0.25, -0.2) is 9.97 Å². The van der Waals surface area contributed by atoms with Gasteiger partial charge in [0.1, 0.15) is 16.8 Å². The monoisotopic (exact) mass is 344 g/mol. The fraction of sp³-hybridized carbons (Fsp3) is 0.167. The highest BCUT2D eigenvalue weighted by molar-refractivity contribution is 9.10. The first-order chi connectivity index (χ1) is 8.67. The number of rotatable bonds is 4. The third-order valence-corrected chi connectivity index (χ3v) is 3.60. The minimum Gasteiger partial charge on any atom is -0.377 e. The van der Waals surface area contributed by atoms with Gasteiger partial charge in [0.15, 0.2) is 5.82 Å². The van der Waals surface area contributed by atoms with Crippen LogP contribution in [0, 0.1) is 0 Å². The molecule has 18 heavy (non-hydrogen) atoms. The van der Waals surface area contributed by atoms with Crippen molar-refractivity contribution in [2.75, 3.05) is 7.11 Å². The molecule has 94 valence electrons. The Balaban J connectivity index is 2.23. The van der Waals surface area contributed by atoms with E-state index in [4.69, 9.17) is 16.3 Å². The molecule has 0 spiro atoms. The van der Waals surface area contributed by atoms with E-state index in [9.17, 15) is 0 Å². The predicted molar refractivity (Wildman–Crippen MR) is 76.0 cm³/mol. The summed E-state index contributed by atoms with van der Waals surface area (Å²) >= 11 is 10.9. The van der Waals surface area contributed by atoms with E-state index in [0.717, 1.165) is 14.4 Å². The number of ether oxygens (including phenoxy) is 1. The summed E-state index contributed by atoms with van der Waals surface area (Å²) < 4.78 is 6.04. The Morgan fingerprint density at radius 1 is 1.33 bits per heavy atom. The summed E-state index contributed by atoms with van der Waals surface area (Å²) in [6.07, 6.45) is 0. The van der Waals surface area contributed by atoms with Crippen LogP contribution in [0.25, 0.3) is 0 Å². The first-order valence-electron chi connectivity index (χ1n) is 5.13. The van der Waals surface area contributed by atoms with Gasteiger partial charge in [0.05, 0.1) is 0 Å². The fourth-order valence-electron chi connectivity index (χ4n) is 1.34. The number of hydrogen-bond donors (Lipinski definition) is 0. The van der Waals surface area contributed by atoms with Gasteiger partial charge in [-0.3, -0.25) is 0 Å². The van der Waals surface area contributed by atoms with E-state index in [0.29, 0.717) is 17.6 Å². The topological polar surface area (TPSA) is 35.0 Å². The van der Waals surface area contributed by atoms with Crippen LogP contribution in [0.1, 0.15) is 5.82 Å². The lowest BCUT2D eigenvalue weighted by atomic mass is 10.4. The van der Waals surface area contributed by atoms with Crippen LogP contribution in [0.3, 0.4) is 0 Å². The maximum atomic E-state index is 5.95. The lowest BCUT2D eigenvalue weighted by Crippen LogP contribution is -1.98. The Morgan fingerprint density at radius 2 is 2.17 bits per heavy atom. The smallest absolute Gasteiger partial charge is 0.156 e. The van der Waals surface area contributed by atoms with Gasteiger partial charge in [-0.1, -0.05) is 45.4 Å². The highest BCUT2D eigenvalue weighted by Gasteiger charge is 2.05. The van der Waals surface area contributed by atoms with Crippen molar-refractivity contribution in [3.05, 3.63) is 45.8 Å². The lowest BCUT2D eigenvalue weighted by molar-refractivity contribution is 0.177. The summed E-state index contributed by atoms with van der Waals surface area (Å²) in [5.74, 6) is 0.586. The third kappa shape index (κ3) is 3.95. The largest absolute Gasteiger partial charge is 0.377 e. The minimum absolute atomic E-state index is 0.354. The van der Waals surface area contributed by atoms with Crippen molar-refractivity contribution in [1.82, 2.24) is 9.97 Å². The van der Waals surface area contributed by atoms with Crippen molar-refractivity contribution in [3.63, 3.8) is 0 Å². The zero-order valence-corrected chi connectivity index (χ0v) is 12.7. The van der Waals surface area contributed by atoms with Gasteiger partial charge in [0.2, 0.25) is 0 Å². The molecule has 0 aliphatic carbocycles. The van der Waals surface area contributed by atoms with Gasteiger partial charge in [0, 0.05) is 22.5 Å². The van der Waals surface area contributed by atoms with Crippen LogP contribution >= 0.6 is 39.3 Å². The number of benzene rings is 1. The van der Waals surface area contributed by atoms with E-state index < -0.39 is 0 Å². The summed E-state index contributed by atoms with van der Waals surface area (Å²) in [6, 6.07) is 9.74. The van der Waals surface area contributed by atoms with Gasteiger partial charge < -0.3 is 4.74 Å². The molecule has 0 aliphatic rings. The Hall–Kier alpha value is -0.620. The summed E-state index contributed by atoms with van der Waals surface area (Å²) in [5, 5.41) is 1.23. The predicted octanol–water partition coefficient (Wildman–Crippen LogP) is 4.19. The van der Waals surface area contributed by atoms with E-state index >= 15 is 0 Å². The number of methoxy groups -OCH3 is 1. The van der Waals surface area contributed by atoms with E-state index in [2.05, 4.69) is 25.9 Å². The number of halogens is 2. The molecule has 1 aromatic heterocycles. The van der Waals surface area contributed by atoms with Crippen molar-refractivity contribution in [2.45, 2.75) is 16.5 Å². The zero-order chi connectivity index (χ0) is 13.0. The highest BCUT2D eigenvalue weighted by Crippen LogP contribution is 2.29. The molecular weight excluding hydrogens is 336 g/mol. The highest BCUT2D eigenvalue weighted by atomic mass is 79.9. The van der Waals surface area contributed by atoms with E-state index in [-0.39, 0.29) is 0 Å². The first-order valence-corrected chi connectivity index (χ1v) is 7.12. The number of aromatic nitrogens is 2. The van der Waals surface area contributed by atoms with Crippen LogP contribution in [-0.4, -0.2) is 17.1 Å². The molecule has 1 heterocycles. The molecule has 2 aromatic rings. The second-order valence-electron chi connectivity index (χ2n) is 3.44. The quantitative estimate of drug-likeness (QED) is 0.778. The molecule has 0 unspecified atom stereocenters. The average molecular weight is 346 g/mol. The van der Waals surface area contributed by atoms with Crippen LogP contribution in [0.4, 0.5) is 0 Å². The van der Waals surface area contributed by atoms with Crippen LogP contribution in [0.5, 0.6) is 0 Å². The fourth-order valence-corrected chi connectivity index (χ4v) is 3.05. The molecule has 0 bridgehead atoms. The van der Waals surface area contributed by atoms with Crippen molar-refractivity contribution < 1.29 is 4.74 Å². The molecule has 6 heteroatoms. The Kier molecular flexibility index (Phi) is 5.00. The van der Waals surface area contributed by atoms with Gasteiger partial charge >= 0.3 is 0 Å². The van der Waals surface area contributed by atoms with Gasteiger partial charge in [-0.15, -0.1) is 0 Å². The Morgan fingerprint density at radius 3 is 2.89 bits per heavy atom. The molecule has 0 amide bonds. The standard InChI is InChI=1S/C12H10BrClN2OS/c1-17-7-11-15-10(14)6-12(16-11)18-9-4-2-3-8(13)5-9/h2-6H,7H2,1H3. The van der Waals surface area contributed by atoms with E-state index in [1.807, 2.05) is 24.3 Å². The number of hydrogen-bond acceptors (Lipinski definition) is 4. The maximum absolute atomic E-state index is 5.95. The molecular formula is C12H10BrClN2OS. The minimum atomic E-state index is 0.354. The first kappa shape index (κ1) is 13.8. The summed E-state index contributed by atoms with van der Waals surface area (Å²) in [5.41, 5.74) is 0.